The quantitative estimate of drug-likeness (QED) is 0.323. The molecule has 0 amide bonds. The number of imidazole rings is 1. The predicted octanol–water partition coefficient (Wildman–Crippen LogP) is 5.35. The second-order valence-electron chi connectivity index (χ2n) is 8.50. The molecule has 36 heavy (non-hydrogen) atoms. The van der Waals surface area contributed by atoms with E-state index >= 15 is 0 Å². The number of rotatable bonds is 8. The van der Waals surface area contributed by atoms with E-state index < -0.39 is 5.97 Å². The van der Waals surface area contributed by atoms with Crippen molar-refractivity contribution in [1.29, 1.82) is 0 Å². The standard InChI is InChI=1S/C29H24FN3O3/c1-36-22-12-7-8-19(14-22)15-24-27(17-28(34)35)33-18-26(20-9-3-2-4-10-20)31-25(29(33)32-24)16-21-11-5-6-13-23(21)30/h2-14,18H,15-17H2,1H3,(H,34,35). The normalized spacial score (nSPS) is 11.1. The van der Waals surface area contributed by atoms with Gasteiger partial charge in [0, 0.05) is 24.6 Å². The van der Waals surface area contributed by atoms with E-state index in [2.05, 4.69) is 0 Å². The zero-order chi connectivity index (χ0) is 25.1. The van der Waals surface area contributed by atoms with Crippen molar-refractivity contribution in [3.05, 3.63) is 119 Å². The van der Waals surface area contributed by atoms with E-state index in [-0.39, 0.29) is 18.7 Å². The molecule has 5 aromatic rings. The van der Waals surface area contributed by atoms with Gasteiger partial charge in [0.1, 0.15) is 11.6 Å². The highest BCUT2D eigenvalue weighted by atomic mass is 19.1. The van der Waals surface area contributed by atoms with Gasteiger partial charge in [-0.15, -0.1) is 0 Å². The number of fused-ring (bicyclic) bond motifs is 1. The Balaban J connectivity index is 1.71. The maximum absolute atomic E-state index is 14.6. The van der Waals surface area contributed by atoms with Crippen LogP contribution in [0.2, 0.25) is 0 Å². The van der Waals surface area contributed by atoms with Crippen LogP contribution in [-0.4, -0.2) is 32.6 Å². The number of hydrogen-bond donors (Lipinski definition) is 1. The molecule has 2 heterocycles. The highest BCUT2D eigenvalue weighted by Gasteiger charge is 2.21. The molecule has 0 spiro atoms. The number of carboxylic acid groups (broad SMARTS) is 1. The molecular formula is C29H24FN3O3. The summed E-state index contributed by atoms with van der Waals surface area (Å²) >= 11 is 0. The van der Waals surface area contributed by atoms with E-state index in [1.807, 2.05) is 60.8 Å². The van der Waals surface area contributed by atoms with Gasteiger partial charge in [0.2, 0.25) is 0 Å². The first-order chi connectivity index (χ1) is 17.5. The number of methoxy groups -OCH3 is 1. The summed E-state index contributed by atoms with van der Waals surface area (Å²) < 4.78 is 21.7. The Morgan fingerprint density at radius 3 is 2.47 bits per heavy atom. The molecule has 5 rings (SSSR count). The van der Waals surface area contributed by atoms with Gasteiger partial charge in [0.25, 0.3) is 0 Å². The molecule has 1 N–H and O–H groups in total. The fourth-order valence-corrected chi connectivity index (χ4v) is 4.34. The summed E-state index contributed by atoms with van der Waals surface area (Å²) in [5, 5.41) is 9.72. The summed E-state index contributed by atoms with van der Waals surface area (Å²) in [5.74, 6) is -0.571. The van der Waals surface area contributed by atoms with Crippen molar-refractivity contribution in [3.63, 3.8) is 0 Å². The third kappa shape index (κ3) is 4.81. The number of ether oxygens (including phenoxy) is 1. The Kier molecular flexibility index (Phi) is 6.45. The van der Waals surface area contributed by atoms with Crippen LogP contribution in [0.25, 0.3) is 16.9 Å². The van der Waals surface area contributed by atoms with Crippen molar-refractivity contribution in [1.82, 2.24) is 14.4 Å². The second-order valence-corrected chi connectivity index (χ2v) is 8.50. The SMILES string of the molecule is COc1cccc(Cc2nc3c(Cc4ccccc4F)nc(-c4ccccc4)cn3c2CC(=O)O)c1. The van der Waals surface area contributed by atoms with Crippen LogP contribution < -0.4 is 4.74 Å². The molecule has 7 heteroatoms. The number of benzene rings is 3. The Bertz CT molecular complexity index is 1550. The van der Waals surface area contributed by atoms with Gasteiger partial charge >= 0.3 is 5.97 Å². The second kappa shape index (κ2) is 10.00. The highest BCUT2D eigenvalue weighted by molar-refractivity contribution is 5.71. The minimum Gasteiger partial charge on any atom is -0.497 e. The van der Waals surface area contributed by atoms with Crippen LogP contribution in [0.1, 0.15) is 28.2 Å². The van der Waals surface area contributed by atoms with E-state index in [4.69, 9.17) is 14.7 Å². The van der Waals surface area contributed by atoms with E-state index in [1.54, 1.807) is 29.7 Å². The molecule has 3 aromatic carbocycles. The van der Waals surface area contributed by atoms with Gasteiger partial charge in [-0.2, -0.15) is 0 Å². The summed E-state index contributed by atoms with van der Waals surface area (Å²) in [7, 11) is 1.60. The van der Waals surface area contributed by atoms with Crippen LogP contribution in [0.3, 0.4) is 0 Å². The third-order valence-electron chi connectivity index (χ3n) is 6.07. The van der Waals surface area contributed by atoms with Crippen molar-refractivity contribution >= 4 is 11.6 Å². The number of halogens is 1. The molecule has 0 atom stereocenters. The third-order valence-corrected chi connectivity index (χ3v) is 6.07. The number of aromatic nitrogens is 3. The molecule has 0 saturated heterocycles. The van der Waals surface area contributed by atoms with Gasteiger partial charge < -0.3 is 9.84 Å². The van der Waals surface area contributed by atoms with Crippen LogP contribution >= 0.6 is 0 Å². The molecule has 2 aromatic heterocycles. The molecular weight excluding hydrogens is 457 g/mol. The summed E-state index contributed by atoms with van der Waals surface area (Å²) in [6, 6.07) is 23.8. The maximum Gasteiger partial charge on any atom is 0.309 e. The topological polar surface area (TPSA) is 76.7 Å². The van der Waals surface area contributed by atoms with Crippen molar-refractivity contribution in [2.24, 2.45) is 0 Å². The Morgan fingerprint density at radius 1 is 0.944 bits per heavy atom. The van der Waals surface area contributed by atoms with E-state index in [0.717, 1.165) is 11.1 Å². The number of nitrogens with zero attached hydrogens (tertiary/aromatic N) is 3. The summed E-state index contributed by atoms with van der Waals surface area (Å²) in [5.41, 5.74) is 5.26. The van der Waals surface area contributed by atoms with Crippen LogP contribution in [0.4, 0.5) is 4.39 Å². The molecule has 6 nitrogen and oxygen atoms in total. The maximum atomic E-state index is 14.6. The first-order valence-corrected chi connectivity index (χ1v) is 11.5. The van der Waals surface area contributed by atoms with Crippen molar-refractivity contribution in [3.8, 4) is 17.0 Å². The lowest BCUT2D eigenvalue weighted by Gasteiger charge is -2.10. The largest absolute Gasteiger partial charge is 0.497 e. The van der Waals surface area contributed by atoms with Gasteiger partial charge in [0.15, 0.2) is 5.65 Å². The highest BCUT2D eigenvalue weighted by Crippen LogP contribution is 2.26. The number of carbonyl (C=O) groups is 1. The van der Waals surface area contributed by atoms with Crippen LogP contribution in [0, 0.1) is 5.82 Å². The van der Waals surface area contributed by atoms with E-state index in [1.165, 1.54) is 6.07 Å². The minimum absolute atomic E-state index is 0.210. The Hall–Kier alpha value is -4.52. The fourth-order valence-electron chi connectivity index (χ4n) is 4.34. The van der Waals surface area contributed by atoms with E-state index in [9.17, 15) is 14.3 Å². The summed E-state index contributed by atoms with van der Waals surface area (Å²) in [4.78, 5) is 21.6. The minimum atomic E-state index is -0.961. The first kappa shape index (κ1) is 23.2. The Morgan fingerprint density at radius 2 is 1.72 bits per heavy atom. The van der Waals surface area contributed by atoms with Gasteiger partial charge in [0.05, 0.1) is 36.3 Å². The molecule has 0 unspecified atom stereocenters. The van der Waals surface area contributed by atoms with Crippen LogP contribution in [0.15, 0.2) is 85.1 Å². The first-order valence-electron chi connectivity index (χ1n) is 11.5. The molecule has 0 aliphatic rings. The molecule has 180 valence electrons. The van der Waals surface area contributed by atoms with Gasteiger partial charge in [-0.1, -0.05) is 60.7 Å². The molecule has 0 radical (unpaired) electrons. The predicted molar refractivity (Wildman–Crippen MR) is 135 cm³/mol. The van der Waals surface area contributed by atoms with Crippen molar-refractivity contribution < 1.29 is 19.0 Å². The smallest absolute Gasteiger partial charge is 0.309 e. The number of hydrogen-bond acceptors (Lipinski definition) is 4. The zero-order valence-electron chi connectivity index (χ0n) is 19.7. The lowest BCUT2D eigenvalue weighted by molar-refractivity contribution is -0.136. The Labute approximate surface area is 207 Å². The zero-order valence-corrected chi connectivity index (χ0v) is 19.7. The summed E-state index contributed by atoms with van der Waals surface area (Å²) in [6.45, 7) is 0. The monoisotopic (exact) mass is 481 g/mol. The molecule has 0 saturated carbocycles. The fraction of sp³-hybridized carbons (Fsp3) is 0.138. The molecule has 0 bridgehead atoms. The van der Waals surface area contributed by atoms with Crippen LogP contribution in [-0.2, 0) is 24.1 Å². The summed E-state index contributed by atoms with van der Waals surface area (Å²) in [6.07, 6.45) is 2.24. The van der Waals surface area contributed by atoms with Crippen LogP contribution in [0.5, 0.6) is 5.75 Å². The van der Waals surface area contributed by atoms with E-state index in [0.29, 0.717) is 46.2 Å². The molecule has 0 aliphatic heterocycles. The lowest BCUT2D eigenvalue weighted by Crippen LogP contribution is -2.08. The van der Waals surface area contributed by atoms with Gasteiger partial charge in [-0.3, -0.25) is 9.20 Å². The van der Waals surface area contributed by atoms with Crippen molar-refractivity contribution in [2.75, 3.05) is 7.11 Å². The average molecular weight is 482 g/mol. The van der Waals surface area contributed by atoms with Crippen molar-refractivity contribution in [2.45, 2.75) is 19.3 Å². The average Bonchev–Trinajstić information content (AvgIpc) is 3.22. The van der Waals surface area contributed by atoms with Gasteiger partial charge in [-0.05, 0) is 29.3 Å². The molecule has 0 aliphatic carbocycles. The molecule has 0 fully saturated rings. The lowest BCUT2D eigenvalue weighted by atomic mass is 10.1. The number of carboxylic acids is 1. The number of aliphatic carboxylic acids is 1. The van der Waals surface area contributed by atoms with Gasteiger partial charge in [-0.25, -0.2) is 14.4 Å².